The Labute approximate surface area is 122 Å². The van der Waals surface area contributed by atoms with Crippen molar-refractivity contribution in [2.24, 2.45) is 0 Å². The molecule has 0 aliphatic heterocycles. The van der Waals surface area contributed by atoms with Gasteiger partial charge in [-0.3, -0.25) is 9.59 Å². The van der Waals surface area contributed by atoms with E-state index in [9.17, 15) is 19.2 Å². The first-order valence-corrected chi connectivity index (χ1v) is 6.79. The second-order valence-corrected chi connectivity index (χ2v) is 4.70. The summed E-state index contributed by atoms with van der Waals surface area (Å²) in [7, 11) is 1.16. The summed E-state index contributed by atoms with van der Waals surface area (Å²) in [5.41, 5.74) is 0. The minimum absolute atomic E-state index is 0.0186. The van der Waals surface area contributed by atoms with Crippen LogP contribution in [0, 0.1) is 0 Å². The van der Waals surface area contributed by atoms with E-state index in [1.807, 2.05) is 0 Å². The Kier molecular flexibility index (Phi) is 7.14. The van der Waals surface area contributed by atoms with Gasteiger partial charge in [-0.25, -0.2) is 9.59 Å². The second-order valence-electron chi connectivity index (χ2n) is 4.70. The van der Waals surface area contributed by atoms with Crippen LogP contribution in [0.25, 0.3) is 0 Å². The van der Waals surface area contributed by atoms with Crippen molar-refractivity contribution in [1.29, 1.82) is 0 Å². The molecule has 1 N–H and O–H groups in total. The molecule has 0 aromatic heterocycles. The SMILES string of the molecule is COC(=O)/C=C/C(=O)OCC(=O)C(=O)NC1CCCCC1. The first kappa shape index (κ1) is 16.9. The van der Waals surface area contributed by atoms with Crippen LogP contribution in [0.15, 0.2) is 12.2 Å². The number of hydrogen-bond acceptors (Lipinski definition) is 6. The van der Waals surface area contributed by atoms with Gasteiger partial charge in [0.05, 0.1) is 7.11 Å². The number of hydrogen-bond donors (Lipinski definition) is 1. The number of rotatable bonds is 6. The predicted octanol–water partition coefficient (Wildman–Crippen LogP) is 0.277. The number of methoxy groups -OCH3 is 1. The molecule has 0 saturated heterocycles. The third-order valence-corrected chi connectivity index (χ3v) is 3.10. The van der Waals surface area contributed by atoms with E-state index in [1.165, 1.54) is 0 Å². The van der Waals surface area contributed by atoms with Crippen LogP contribution in [0.4, 0.5) is 0 Å². The van der Waals surface area contributed by atoms with Crippen molar-refractivity contribution in [3.05, 3.63) is 12.2 Å². The molecule has 1 amide bonds. The van der Waals surface area contributed by atoms with Gasteiger partial charge in [-0.05, 0) is 12.8 Å². The molecule has 7 heteroatoms. The van der Waals surface area contributed by atoms with Crippen LogP contribution >= 0.6 is 0 Å². The number of esters is 2. The Morgan fingerprint density at radius 2 is 1.67 bits per heavy atom. The van der Waals surface area contributed by atoms with Gasteiger partial charge in [0.15, 0.2) is 6.61 Å². The van der Waals surface area contributed by atoms with Crippen molar-refractivity contribution >= 4 is 23.6 Å². The normalized spacial score (nSPS) is 15.5. The quantitative estimate of drug-likeness (QED) is 0.429. The molecule has 0 bridgehead atoms. The van der Waals surface area contributed by atoms with Gasteiger partial charge in [-0.15, -0.1) is 0 Å². The fourth-order valence-corrected chi connectivity index (χ4v) is 1.97. The highest BCUT2D eigenvalue weighted by atomic mass is 16.5. The summed E-state index contributed by atoms with van der Waals surface area (Å²) in [6.45, 7) is -0.650. The second kappa shape index (κ2) is 8.89. The molecule has 0 aromatic rings. The smallest absolute Gasteiger partial charge is 0.331 e. The van der Waals surface area contributed by atoms with Gasteiger partial charge in [0.2, 0.25) is 0 Å². The first-order chi connectivity index (χ1) is 10.0. The van der Waals surface area contributed by atoms with Crippen molar-refractivity contribution in [3.63, 3.8) is 0 Å². The lowest BCUT2D eigenvalue weighted by Gasteiger charge is -2.22. The van der Waals surface area contributed by atoms with Crippen molar-refractivity contribution in [3.8, 4) is 0 Å². The molecule has 1 aliphatic carbocycles. The van der Waals surface area contributed by atoms with Crippen molar-refractivity contribution < 1.29 is 28.7 Å². The summed E-state index contributed by atoms with van der Waals surface area (Å²) >= 11 is 0. The molecular formula is C14H19NO6. The van der Waals surface area contributed by atoms with Crippen LogP contribution in [-0.2, 0) is 28.7 Å². The van der Waals surface area contributed by atoms with Crippen molar-refractivity contribution in [2.75, 3.05) is 13.7 Å². The van der Waals surface area contributed by atoms with Gasteiger partial charge in [-0.1, -0.05) is 19.3 Å². The molecule has 1 aliphatic rings. The molecule has 0 aromatic carbocycles. The lowest BCUT2D eigenvalue weighted by molar-refractivity contribution is -0.147. The molecule has 0 spiro atoms. The van der Waals surface area contributed by atoms with E-state index in [2.05, 4.69) is 14.8 Å². The molecule has 21 heavy (non-hydrogen) atoms. The molecule has 7 nitrogen and oxygen atoms in total. The van der Waals surface area contributed by atoms with Gasteiger partial charge in [0.25, 0.3) is 11.7 Å². The maximum Gasteiger partial charge on any atom is 0.331 e. The molecule has 1 saturated carbocycles. The van der Waals surface area contributed by atoms with Crippen molar-refractivity contribution in [1.82, 2.24) is 5.32 Å². The molecule has 1 fully saturated rings. The van der Waals surface area contributed by atoms with E-state index in [0.29, 0.717) is 0 Å². The van der Waals surface area contributed by atoms with Crippen LogP contribution in [0.2, 0.25) is 0 Å². The van der Waals surface area contributed by atoms with Crippen LogP contribution < -0.4 is 5.32 Å². The van der Waals surface area contributed by atoms with Crippen LogP contribution in [0.5, 0.6) is 0 Å². The maximum absolute atomic E-state index is 11.6. The highest BCUT2D eigenvalue weighted by Gasteiger charge is 2.21. The lowest BCUT2D eigenvalue weighted by atomic mass is 9.95. The molecule has 0 atom stereocenters. The highest BCUT2D eigenvalue weighted by molar-refractivity contribution is 6.37. The fourth-order valence-electron chi connectivity index (χ4n) is 1.97. The van der Waals surface area contributed by atoms with Crippen molar-refractivity contribution in [2.45, 2.75) is 38.1 Å². The minimum Gasteiger partial charge on any atom is -0.466 e. The number of amides is 1. The zero-order valence-corrected chi connectivity index (χ0v) is 11.9. The number of carbonyl (C=O) groups is 4. The molecule has 0 radical (unpaired) electrons. The third-order valence-electron chi connectivity index (χ3n) is 3.10. The van der Waals surface area contributed by atoms with Gasteiger partial charge in [0.1, 0.15) is 0 Å². The van der Waals surface area contributed by atoms with Gasteiger partial charge >= 0.3 is 11.9 Å². The Hall–Kier alpha value is -2.18. The topological polar surface area (TPSA) is 98.8 Å². The van der Waals surface area contributed by atoms with E-state index in [1.54, 1.807) is 0 Å². The Morgan fingerprint density at radius 1 is 1.05 bits per heavy atom. The molecule has 1 rings (SSSR count). The molecule has 0 heterocycles. The monoisotopic (exact) mass is 297 g/mol. The standard InChI is InChI=1S/C14H19NO6/c1-20-12(17)7-8-13(18)21-9-11(16)14(19)15-10-5-3-2-4-6-10/h7-8,10H,2-6,9H2,1H3,(H,15,19)/b8-7+. The fraction of sp³-hybridized carbons (Fsp3) is 0.571. The molecular weight excluding hydrogens is 278 g/mol. The zero-order chi connectivity index (χ0) is 15.7. The summed E-state index contributed by atoms with van der Waals surface area (Å²) in [6, 6.07) is 0.0186. The van der Waals surface area contributed by atoms with E-state index >= 15 is 0 Å². The molecule has 116 valence electrons. The predicted molar refractivity (Wildman–Crippen MR) is 72.1 cm³/mol. The largest absolute Gasteiger partial charge is 0.466 e. The van der Waals surface area contributed by atoms with Gasteiger partial charge in [-0.2, -0.15) is 0 Å². The summed E-state index contributed by atoms with van der Waals surface area (Å²) in [4.78, 5) is 45.0. The van der Waals surface area contributed by atoms with Crippen LogP contribution in [0.1, 0.15) is 32.1 Å². The van der Waals surface area contributed by atoms with Gasteiger partial charge < -0.3 is 14.8 Å². The highest BCUT2D eigenvalue weighted by Crippen LogP contribution is 2.17. The van der Waals surface area contributed by atoms with E-state index in [-0.39, 0.29) is 6.04 Å². The summed E-state index contributed by atoms with van der Waals surface area (Å²) in [5, 5.41) is 2.63. The summed E-state index contributed by atoms with van der Waals surface area (Å²) in [5.74, 6) is -3.17. The third kappa shape index (κ3) is 6.69. The lowest BCUT2D eigenvalue weighted by Crippen LogP contribution is -2.41. The summed E-state index contributed by atoms with van der Waals surface area (Å²) in [6.07, 6.45) is 6.64. The number of Topliss-reactive ketones (excluding diaryl/α,β-unsaturated/α-hetero) is 1. The van der Waals surface area contributed by atoms with E-state index < -0.39 is 30.2 Å². The zero-order valence-electron chi connectivity index (χ0n) is 11.9. The average molecular weight is 297 g/mol. The minimum atomic E-state index is -0.890. The number of nitrogens with one attached hydrogen (secondary N) is 1. The Balaban J connectivity index is 2.28. The average Bonchev–Trinajstić information content (AvgIpc) is 2.50. The Morgan fingerprint density at radius 3 is 2.29 bits per heavy atom. The summed E-state index contributed by atoms with van der Waals surface area (Å²) < 4.78 is 8.85. The van der Waals surface area contributed by atoms with Crippen LogP contribution in [0.3, 0.4) is 0 Å². The molecule has 0 unspecified atom stereocenters. The van der Waals surface area contributed by atoms with E-state index in [0.717, 1.165) is 51.4 Å². The van der Waals surface area contributed by atoms with Gasteiger partial charge in [0, 0.05) is 18.2 Å². The number of ketones is 1. The maximum atomic E-state index is 11.6. The first-order valence-electron chi connectivity index (χ1n) is 6.79. The van der Waals surface area contributed by atoms with E-state index in [4.69, 9.17) is 0 Å². The number of carbonyl (C=O) groups excluding carboxylic acids is 4. The van der Waals surface area contributed by atoms with Crippen LogP contribution in [-0.4, -0.2) is 43.4 Å². The number of ether oxygens (including phenoxy) is 2. The Bertz CT molecular complexity index is 437.